The van der Waals surface area contributed by atoms with E-state index < -0.39 is 0 Å². The Morgan fingerprint density at radius 1 is 1.43 bits per heavy atom. The molecule has 0 aliphatic rings. The number of benzene rings is 1. The van der Waals surface area contributed by atoms with Gasteiger partial charge in [-0.2, -0.15) is 0 Å². The van der Waals surface area contributed by atoms with Crippen molar-refractivity contribution in [3.63, 3.8) is 0 Å². The number of aliphatic imine (C=N–C) groups is 1. The van der Waals surface area contributed by atoms with E-state index in [-0.39, 0.29) is 35.8 Å². The number of guanidine groups is 1. The molecule has 1 aromatic rings. The minimum Gasteiger partial charge on any atom is -0.370 e. The van der Waals surface area contributed by atoms with Gasteiger partial charge in [0.25, 0.3) is 0 Å². The highest BCUT2D eigenvalue weighted by molar-refractivity contribution is 14.0. The molecule has 0 heterocycles. The van der Waals surface area contributed by atoms with E-state index in [1.54, 1.807) is 0 Å². The molecule has 5 nitrogen and oxygen atoms in total. The van der Waals surface area contributed by atoms with Crippen LogP contribution in [-0.4, -0.2) is 18.4 Å². The largest absolute Gasteiger partial charge is 0.370 e. The van der Waals surface area contributed by atoms with E-state index in [1.807, 2.05) is 45.0 Å². The van der Waals surface area contributed by atoms with Crippen molar-refractivity contribution >= 4 is 41.5 Å². The number of hydrogen-bond donors (Lipinski definition) is 3. The van der Waals surface area contributed by atoms with E-state index >= 15 is 0 Å². The van der Waals surface area contributed by atoms with Gasteiger partial charge in [0, 0.05) is 18.2 Å². The molecule has 1 rings (SSSR count). The van der Waals surface area contributed by atoms with Gasteiger partial charge in [0.05, 0.1) is 6.54 Å². The molecular weight excluding hydrogens is 403 g/mol. The second kappa shape index (κ2) is 11.0. The molecule has 1 atom stereocenters. The summed E-state index contributed by atoms with van der Waals surface area (Å²) in [6, 6.07) is 7.63. The Morgan fingerprint density at radius 2 is 2.13 bits per heavy atom. The fraction of sp³-hybridized carbons (Fsp3) is 0.412. The van der Waals surface area contributed by atoms with Crippen molar-refractivity contribution < 1.29 is 4.79 Å². The summed E-state index contributed by atoms with van der Waals surface area (Å²) in [6.45, 7) is 10.7. The van der Waals surface area contributed by atoms with Gasteiger partial charge < -0.3 is 16.4 Å². The third-order valence-corrected chi connectivity index (χ3v) is 3.26. The molecule has 0 saturated carbocycles. The van der Waals surface area contributed by atoms with Crippen LogP contribution in [0.3, 0.4) is 0 Å². The fourth-order valence-electron chi connectivity index (χ4n) is 1.67. The summed E-state index contributed by atoms with van der Waals surface area (Å²) in [5.74, 6) is 0.423. The molecule has 0 aliphatic heterocycles. The lowest BCUT2D eigenvalue weighted by Crippen LogP contribution is -2.32. The van der Waals surface area contributed by atoms with Gasteiger partial charge in [0.2, 0.25) is 5.91 Å². The topological polar surface area (TPSA) is 79.5 Å². The Bertz CT molecular complexity index is 557. The van der Waals surface area contributed by atoms with Gasteiger partial charge in [-0.25, -0.2) is 4.99 Å². The molecule has 0 aromatic heterocycles. The van der Waals surface area contributed by atoms with Crippen LogP contribution in [0.1, 0.15) is 32.8 Å². The monoisotopic (exact) mass is 430 g/mol. The van der Waals surface area contributed by atoms with Crippen LogP contribution in [0.25, 0.3) is 0 Å². The first-order valence-corrected chi connectivity index (χ1v) is 7.50. The first-order chi connectivity index (χ1) is 10.4. The van der Waals surface area contributed by atoms with Crippen LogP contribution in [0.2, 0.25) is 0 Å². The highest BCUT2D eigenvalue weighted by Gasteiger charge is 2.10. The molecular formula is C17H27IN4O. The smallest absolute Gasteiger partial charge is 0.227 e. The molecule has 0 radical (unpaired) electrons. The van der Waals surface area contributed by atoms with Crippen molar-refractivity contribution in [2.24, 2.45) is 16.6 Å². The summed E-state index contributed by atoms with van der Waals surface area (Å²) in [5.41, 5.74) is 8.54. The Morgan fingerprint density at radius 3 is 2.74 bits per heavy atom. The van der Waals surface area contributed by atoms with Gasteiger partial charge in [-0.05, 0) is 31.0 Å². The zero-order valence-corrected chi connectivity index (χ0v) is 16.4. The van der Waals surface area contributed by atoms with Gasteiger partial charge in [0.1, 0.15) is 0 Å². The third-order valence-electron chi connectivity index (χ3n) is 3.26. The predicted molar refractivity (Wildman–Crippen MR) is 108 cm³/mol. The molecule has 128 valence electrons. The molecule has 1 aromatic carbocycles. The number of nitrogens with two attached hydrogens (primary N) is 1. The molecule has 0 aliphatic carbocycles. The van der Waals surface area contributed by atoms with Crippen molar-refractivity contribution in [1.29, 1.82) is 0 Å². The fourth-order valence-corrected chi connectivity index (χ4v) is 1.67. The first-order valence-electron chi connectivity index (χ1n) is 7.50. The van der Waals surface area contributed by atoms with Crippen LogP contribution in [0.15, 0.2) is 41.4 Å². The van der Waals surface area contributed by atoms with E-state index in [0.29, 0.717) is 19.0 Å². The zero-order chi connectivity index (χ0) is 16.5. The van der Waals surface area contributed by atoms with Crippen LogP contribution >= 0.6 is 24.0 Å². The average Bonchev–Trinajstić information content (AvgIpc) is 2.50. The van der Waals surface area contributed by atoms with Crippen LogP contribution in [-0.2, 0) is 11.3 Å². The predicted octanol–water partition coefficient (Wildman–Crippen LogP) is 3.27. The lowest BCUT2D eigenvalue weighted by atomic mass is 10.1. The van der Waals surface area contributed by atoms with Crippen molar-refractivity contribution in [2.75, 3.05) is 11.9 Å². The Balaban J connectivity index is 0.00000484. The van der Waals surface area contributed by atoms with E-state index in [2.05, 4.69) is 22.2 Å². The molecule has 23 heavy (non-hydrogen) atoms. The number of amides is 1. The van der Waals surface area contributed by atoms with E-state index in [1.165, 1.54) is 0 Å². The molecule has 0 spiro atoms. The summed E-state index contributed by atoms with van der Waals surface area (Å²) >= 11 is 0. The van der Waals surface area contributed by atoms with Crippen molar-refractivity contribution in [3.05, 3.63) is 42.0 Å². The molecule has 0 saturated heterocycles. The Hall–Kier alpha value is -1.57. The normalized spacial score (nSPS) is 12.0. The Kier molecular flexibility index (Phi) is 10.3. The summed E-state index contributed by atoms with van der Waals surface area (Å²) in [5, 5.41) is 5.90. The third kappa shape index (κ3) is 8.59. The maximum atomic E-state index is 11.9. The maximum absolute atomic E-state index is 11.9. The molecule has 1 unspecified atom stereocenters. The van der Waals surface area contributed by atoms with Gasteiger partial charge in [-0.3, -0.25) is 4.79 Å². The van der Waals surface area contributed by atoms with Crippen LogP contribution in [0.4, 0.5) is 5.69 Å². The summed E-state index contributed by atoms with van der Waals surface area (Å²) in [4.78, 5) is 16.2. The van der Waals surface area contributed by atoms with Gasteiger partial charge in [0.15, 0.2) is 5.96 Å². The van der Waals surface area contributed by atoms with Crippen molar-refractivity contribution in [2.45, 2.75) is 33.7 Å². The molecule has 1 amide bonds. The van der Waals surface area contributed by atoms with Crippen molar-refractivity contribution in [3.8, 4) is 0 Å². The zero-order valence-electron chi connectivity index (χ0n) is 14.1. The number of nitrogens with zero attached hydrogens (tertiary/aromatic N) is 1. The van der Waals surface area contributed by atoms with Gasteiger partial charge in [-0.1, -0.05) is 38.1 Å². The first kappa shape index (κ1) is 21.4. The van der Waals surface area contributed by atoms with E-state index in [4.69, 9.17) is 5.73 Å². The second-order valence-corrected chi connectivity index (χ2v) is 5.51. The van der Waals surface area contributed by atoms with Gasteiger partial charge in [-0.15, -0.1) is 24.0 Å². The summed E-state index contributed by atoms with van der Waals surface area (Å²) in [6.07, 6.45) is 0.820. The number of carbonyl (C=O) groups excluding carboxylic acids is 1. The molecule has 0 fully saturated rings. The minimum absolute atomic E-state index is 0. The number of nitrogens with one attached hydrogen (secondary N) is 2. The molecule has 6 heteroatoms. The van der Waals surface area contributed by atoms with E-state index in [0.717, 1.165) is 23.2 Å². The van der Waals surface area contributed by atoms with Crippen LogP contribution in [0.5, 0.6) is 0 Å². The SMILES string of the molecule is C=C(C)CNC(N)=NCc1cccc(NC(=O)C(C)CC)c1.I. The number of carbonyl (C=O) groups is 1. The molecule has 0 bridgehead atoms. The average molecular weight is 430 g/mol. The summed E-state index contributed by atoms with van der Waals surface area (Å²) in [7, 11) is 0. The number of rotatable bonds is 7. The number of anilines is 1. The van der Waals surface area contributed by atoms with Crippen molar-refractivity contribution in [1.82, 2.24) is 5.32 Å². The second-order valence-electron chi connectivity index (χ2n) is 5.51. The highest BCUT2D eigenvalue weighted by atomic mass is 127. The number of halogens is 1. The Labute approximate surface area is 155 Å². The number of hydrogen-bond acceptors (Lipinski definition) is 2. The molecule has 4 N–H and O–H groups in total. The summed E-state index contributed by atoms with van der Waals surface area (Å²) < 4.78 is 0. The van der Waals surface area contributed by atoms with Crippen LogP contribution < -0.4 is 16.4 Å². The standard InChI is InChI=1S/C17H26N4O.HI/c1-5-13(4)16(22)21-15-8-6-7-14(9-15)11-20-17(18)19-10-12(2)3;/h6-9,13H,2,5,10-11H2,1,3-4H3,(H,21,22)(H3,18,19,20);1H. The lowest BCUT2D eigenvalue weighted by molar-refractivity contribution is -0.119. The lowest BCUT2D eigenvalue weighted by Gasteiger charge is -2.11. The highest BCUT2D eigenvalue weighted by Crippen LogP contribution is 2.13. The maximum Gasteiger partial charge on any atom is 0.227 e. The quantitative estimate of drug-likeness (QED) is 0.269. The van der Waals surface area contributed by atoms with Gasteiger partial charge >= 0.3 is 0 Å². The minimum atomic E-state index is 0. The van der Waals surface area contributed by atoms with E-state index in [9.17, 15) is 4.79 Å². The van der Waals surface area contributed by atoms with Crippen LogP contribution in [0, 0.1) is 5.92 Å².